The zero-order valence-electron chi connectivity index (χ0n) is 20.4. The molecule has 182 valence electrons. The summed E-state index contributed by atoms with van der Waals surface area (Å²) in [6.07, 6.45) is 0.171. The average Bonchev–Trinajstić information content (AvgIpc) is 2.94. The van der Waals surface area contributed by atoms with Gasteiger partial charge in [0, 0.05) is 36.6 Å². The SMILES string of the molecule is Cc1nc(NCCc2cccc(C(F)(F)C(C)(C)O)c2F)c2cc3c(cc2n1)C(C)(C)CN3C. The molecular weight excluding hydrogens is 441 g/mol. The largest absolute Gasteiger partial charge is 0.384 e. The Bertz CT molecular complexity index is 1250. The molecule has 34 heavy (non-hydrogen) atoms. The van der Waals surface area contributed by atoms with Gasteiger partial charge < -0.3 is 15.3 Å². The van der Waals surface area contributed by atoms with Crippen LogP contribution in [0.25, 0.3) is 10.9 Å². The van der Waals surface area contributed by atoms with E-state index in [0.29, 0.717) is 18.2 Å². The fraction of sp³-hybridized carbons (Fsp3) is 0.462. The molecule has 0 unspecified atom stereocenters. The highest BCUT2D eigenvalue weighted by Gasteiger charge is 2.49. The Balaban J connectivity index is 1.61. The van der Waals surface area contributed by atoms with Crippen LogP contribution in [0.15, 0.2) is 30.3 Å². The van der Waals surface area contributed by atoms with Crippen LogP contribution in [-0.4, -0.2) is 40.8 Å². The molecule has 5 nitrogen and oxygen atoms in total. The molecule has 0 bridgehead atoms. The van der Waals surface area contributed by atoms with Crippen molar-refractivity contribution in [1.82, 2.24) is 9.97 Å². The minimum absolute atomic E-state index is 0.0124. The lowest BCUT2D eigenvalue weighted by Gasteiger charge is -2.30. The van der Waals surface area contributed by atoms with Gasteiger partial charge in [-0.2, -0.15) is 8.78 Å². The highest BCUT2D eigenvalue weighted by molar-refractivity contribution is 5.94. The fourth-order valence-electron chi connectivity index (χ4n) is 4.70. The molecule has 0 amide bonds. The molecule has 0 saturated heterocycles. The maximum absolute atomic E-state index is 15.0. The number of aryl methyl sites for hydroxylation is 1. The van der Waals surface area contributed by atoms with Crippen molar-refractivity contribution in [3.05, 3.63) is 58.7 Å². The summed E-state index contributed by atoms with van der Waals surface area (Å²) in [4.78, 5) is 11.4. The first-order valence-corrected chi connectivity index (χ1v) is 11.4. The Morgan fingerprint density at radius 2 is 1.88 bits per heavy atom. The molecule has 0 fully saturated rings. The van der Waals surface area contributed by atoms with Gasteiger partial charge in [0.2, 0.25) is 0 Å². The van der Waals surface area contributed by atoms with Gasteiger partial charge in [-0.05, 0) is 56.5 Å². The monoisotopic (exact) mass is 472 g/mol. The van der Waals surface area contributed by atoms with Gasteiger partial charge in [-0.3, -0.25) is 0 Å². The molecule has 0 saturated carbocycles. The van der Waals surface area contributed by atoms with Gasteiger partial charge in [-0.15, -0.1) is 0 Å². The van der Waals surface area contributed by atoms with Gasteiger partial charge in [0.1, 0.15) is 23.1 Å². The molecule has 1 aliphatic heterocycles. The van der Waals surface area contributed by atoms with E-state index in [9.17, 15) is 18.3 Å². The predicted molar refractivity (Wildman–Crippen MR) is 129 cm³/mol. The molecule has 0 atom stereocenters. The van der Waals surface area contributed by atoms with Crippen LogP contribution in [0, 0.1) is 12.7 Å². The number of rotatable bonds is 6. The zero-order chi connectivity index (χ0) is 25.1. The number of benzene rings is 2. The Hall–Kier alpha value is -2.87. The number of likely N-dealkylation sites (N-methyl/N-ethyl adjacent to an activating group) is 1. The fourth-order valence-corrected chi connectivity index (χ4v) is 4.70. The minimum atomic E-state index is -3.72. The van der Waals surface area contributed by atoms with E-state index in [-0.39, 0.29) is 17.4 Å². The first-order valence-electron chi connectivity index (χ1n) is 11.4. The number of hydrogen-bond donors (Lipinski definition) is 2. The Morgan fingerprint density at radius 3 is 2.56 bits per heavy atom. The smallest absolute Gasteiger partial charge is 0.303 e. The van der Waals surface area contributed by atoms with Crippen molar-refractivity contribution >= 4 is 22.4 Å². The average molecular weight is 473 g/mol. The third-order valence-electron chi connectivity index (χ3n) is 6.57. The summed E-state index contributed by atoms with van der Waals surface area (Å²) in [5.74, 6) is -3.48. The van der Waals surface area contributed by atoms with Crippen molar-refractivity contribution < 1.29 is 18.3 Å². The van der Waals surface area contributed by atoms with Crippen molar-refractivity contribution in [2.45, 2.75) is 58.0 Å². The quantitative estimate of drug-likeness (QED) is 0.508. The highest BCUT2D eigenvalue weighted by Crippen LogP contribution is 2.43. The lowest BCUT2D eigenvalue weighted by atomic mass is 9.86. The van der Waals surface area contributed by atoms with Gasteiger partial charge in [0.25, 0.3) is 0 Å². The van der Waals surface area contributed by atoms with Crippen LogP contribution in [0.5, 0.6) is 0 Å². The molecule has 2 heterocycles. The number of aliphatic hydroxyl groups is 1. The minimum Gasteiger partial charge on any atom is -0.384 e. The van der Waals surface area contributed by atoms with E-state index in [2.05, 4.69) is 53.2 Å². The van der Waals surface area contributed by atoms with Crippen molar-refractivity contribution in [3.63, 3.8) is 0 Å². The Kier molecular flexibility index (Phi) is 5.79. The predicted octanol–water partition coefficient (Wildman–Crippen LogP) is 5.32. The van der Waals surface area contributed by atoms with Crippen LogP contribution in [0.1, 0.15) is 50.2 Å². The molecule has 0 radical (unpaired) electrons. The van der Waals surface area contributed by atoms with Crippen molar-refractivity contribution in [2.24, 2.45) is 0 Å². The number of hydrogen-bond acceptors (Lipinski definition) is 5. The number of fused-ring (bicyclic) bond motifs is 2. The van der Waals surface area contributed by atoms with Gasteiger partial charge >= 0.3 is 5.92 Å². The molecule has 0 aliphatic carbocycles. The summed E-state index contributed by atoms with van der Waals surface area (Å²) in [7, 11) is 2.06. The summed E-state index contributed by atoms with van der Waals surface area (Å²) in [6, 6.07) is 8.07. The van der Waals surface area contributed by atoms with Crippen LogP contribution in [0.3, 0.4) is 0 Å². The first kappa shape index (κ1) is 24.3. The molecule has 1 aliphatic rings. The summed E-state index contributed by atoms with van der Waals surface area (Å²) in [6.45, 7) is 9.36. The lowest BCUT2D eigenvalue weighted by Crippen LogP contribution is -2.41. The lowest BCUT2D eigenvalue weighted by molar-refractivity contribution is -0.170. The number of halogens is 3. The number of anilines is 2. The van der Waals surface area contributed by atoms with E-state index in [1.807, 2.05) is 6.92 Å². The second-order valence-corrected chi connectivity index (χ2v) is 10.3. The van der Waals surface area contributed by atoms with Gasteiger partial charge in [0.05, 0.1) is 11.1 Å². The maximum Gasteiger partial charge on any atom is 0.303 e. The Labute approximate surface area is 198 Å². The summed E-state index contributed by atoms with van der Waals surface area (Å²) in [5.41, 5.74) is 0.157. The third kappa shape index (κ3) is 4.08. The maximum atomic E-state index is 15.0. The van der Waals surface area contributed by atoms with E-state index in [1.54, 1.807) is 0 Å². The summed E-state index contributed by atoms with van der Waals surface area (Å²) in [5, 5.41) is 13.9. The summed E-state index contributed by atoms with van der Waals surface area (Å²) >= 11 is 0. The van der Waals surface area contributed by atoms with E-state index < -0.39 is 22.9 Å². The van der Waals surface area contributed by atoms with Crippen LogP contribution >= 0.6 is 0 Å². The van der Waals surface area contributed by atoms with Crippen LogP contribution in [0.2, 0.25) is 0 Å². The molecule has 8 heteroatoms. The third-order valence-corrected chi connectivity index (χ3v) is 6.57. The second kappa shape index (κ2) is 8.12. The molecule has 2 aromatic carbocycles. The summed E-state index contributed by atoms with van der Waals surface area (Å²) < 4.78 is 44.1. The first-order chi connectivity index (χ1) is 15.7. The van der Waals surface area contributed by atoms with Crippen molar-refractivity contribution in [2.75, 3.05) is 30.4 Å². The molecule has 4 rings (SSSR count). The number of alkyl halides is 2. The molecule has 2 N–H and O–H groups in total. The van der Waals surface area contributed by atoms with Gasteiger partial charge in [-0.25, -0.2) is 14.4 Å². The highest BCUT2D eigenvalue weighted by atomic mass is 19.3. The van der Waals surface area contributed by atoms with Crippen molar-refractivity contribution in [1.29, 1.82) is 0 Å². The number of aromatic nitrogens is 2. The molecule has 3 aromatic rings. The molecule has 0 spiro atoms. The molecular formula is C26H31F3N4O. The van der Waals surface area contributed by atoms with Crippen LogP contribution in [-0.2, 0) is 17.8 Å². The van der Waals surface area contributed by atoms with E-state index in [4.69, 9.17) is 0 Å². The number of nitrogens with one attached hydrogen (secondary N) is 1. The number of nitrogens with zero attached hydrogens (tertiary/aromatic N) is 3. The van der Waals surface area contributed by atoms with Crippen LogP contribution < -0.4 is 10.2 Å². The van der Waals surface area contributed by atoms with E-state index in [0.717, 1.165) is 43.0 Å². The Morgan fingerprint density at radius 1 is 1.18 bits per heavy atom. The normalized spacial score (nSPS) is 15.6. The van der Waals surface area contributed by atoms with Crippen molar-refractivity contribution in [3.8, 4) is 0 Å². The molecule has 1 aromatic heterocycles. The second-order valence-electron chi connectivity index (χ2n) is 10.3. The van der Waals surface area contributed by atoms with Gasteiger partial charge in [-0.1, -0.05) is 26.0 Å². The van der Waals surface area contributed by atoms with E-state index in [1.165, 1.54) is 17.7 Å². The topological polar surface area (TPSA) is 61.3 Å². The van der Waals surface area contributed by atoms with Crippen LogP contribution in [0.4, 0.5) is 24.7 Å². The zero-order valence-corrected chi connectivity index (χ0v) is 20.4. The van der Waals surface area contributed by atoms with E-state index >= 15 is 0 Å². The standard InChI is InChI=1S/C26H31F3N4O/c1-15-31-20-13-19-21(33(6)14-24(19,2)3)12-17(20)23(32-15)30-11-10-16-8-7-9-18(22(16)27)26(28,29)25(4,5)34/h7-9,12-13,34H,10-11,14H2,1-6H3,(H,30,31,32). The van der Waals surface area contributed by atoms with Gasteiger partial charge in [0.15, 0.2) is 0 Å².